The predicted octanol–water partition coefficient (Wildman–Crippen LogP) is 1.10. The summed E-state index contributed by atoms with van der Waals surface area (Å²) in [5.74, 6) is 0.335. The van der Waals surface area contributed by atoms with E-state index < -0.39 is 0 Å². The molecule has 0 unspecified atom stereocenters. The maximum atomic E-state index is 12.6. The van der Waals surface area contributed by atoms with Crippen LogP contribution in [0.3, 0.4) is 0 Å². The fourth-order valence-corrected chi connectivity index (χ4v) is 4.16. The van der Waals surface area contributed by atoms with E-state index in [0.717, 1.165) is 38.0 Å². The second-order valence-corrected chi connectivity index (χ2v) is 7.15. The molecule has 0 saturated carbocycles. The minimum atomic E-state index is -0.0539. The van der Waals surface area contributed by atoms with Crippen LogP contribution in [0.2, 0.25) is 0 Å². The molecule has 2 saturated heterocycles. The molecule has 2 aliphatic rings. The number of hydrogen-bond donors (Lipinski definition) is 1. The molecule has 1 N–H and O–H groups in total. The molecule has 0 radical (unpaired) electrons. The highest BCUT2D eigenvalue weighted by Gasteiger charge is 2.41. The third-order valence-corrected chi connectivity index (χ3v) is 5.75. The lowest BCUT2D eigenvalue weighted by molar-refractivity contribution is -0.136. The number of amides is 2. The van der Waals surface area contributed by atoms with E-state index in [-0.39, 0.29) is 17.4 Å². The molecule has 0 aromatic carbocycles. The molecule has 0 aliphatic carbocycles. The molecule has 1 atom stereocenters. The second-order valence-electron chi connectivity index (χ2n) is 6.37. The standard InChI is InChI=1S/C16H23N3O2S/c1-18-7-8-19(15(21)10-13-3-9-22-11-13)12-16(18)4-2-14(20)17-6-5-16/h3,9,11H,2,4-8,10,12H2,1H3,(H,17,20)/t16-/m0/s1. The smallest absolute Gasteiger partial charge is 0.227 e. The molecule has 3 heterocycles. The minimum Gasteiger partial charge on any atom is -0.356 e. The van der Waals surface area contributed by atoms with Crippen LogP contribution >= 0.6 is 11.3 Å². The highest BCUT2D eigenvalue weighted by atomic mass is 32.1. The first-order valence-electron chi connectivity index (χ1n) is 7.86. The van der Waals surface area contributed by atoms with Crippen LogP contribution in [0.15, 0.2) is 16.8 Å². The molecular weight excluding hydrogens is 298 g/mol. The van der Waals surface area contributed by atoms with Gasteiger partial charge in [-0.05, 0) is 42.3 Å². The van der Waals surface area contributed by atoms with Gasteiger partial charge in [0, 0.05) is 38.1 Å². The first-order chi connectivity index (χ1) is 10.6. The maximum Gasteiger partial charge on any atom is 0.227 e. The molecule has 2 aliphatic heterocycles. The van der Waals surface area contributed by atoms with Crippen LogP contribution < -0.4 is 5.32 Å². The third kappa shape index (κ3) is 3.17. The molecule has 3 rings (SSSR count). The molecule has 0 bridgehead atoms. The monoisotopic (exact) mass is 321 g/mol. The van der Waals surface area contributed by atoms with Crippen molar-refractivity contribution < 1.29 is 9.59 Å². The Kier molecular flexibility index (Phi) is 4.49. The van der Waals surface area contributed by atoms with E-state index >= 15 is 0 Å². The lowest BCUT2D eigenvalue weighted by Gasteiger charge is -2.49. The lowest BCUT2D eigenvalue weighted by Crippen LogP contribution is -2.62. The van der Waals surface area contributed by atoms with Crippen molar-refractivity contribution in [3.05, 3.63) is 22.4 Å². The molecule has 1 spiro atoms. The summed E-state index contributed by atoms with van der Waals surface area (Å²) < 4.78 is 0. The van der Waals surface area contributed by atoms with Crippen LogP contribution in [0.25, 0.3) is 0 Å². The summed E-state index contributed by atoms with van der Waals surface area (Å²) in [6.45, 7) is 3.10. The topological polar surface area (TPSA) is 52.6 Å². The Morgan fingerprint density at radius 2 is 2.27 bits per heavy atom. The Hall–Kier alpha value is -1.40. The van der Waals surface area contributed by atoms with Gasteiger partial charge in [0.1, 0.15) is 0 Å². The second kappa shape index (κ2) is 6.38. The molecule has 2 fully saturated rings. The molecule has 6 heteroatoms. The molecular formula is C16H23N3O2S. The number of carbonyl (C=O) groups is 2. The predicted molar refractivity (Wildman–Crippen MR) is 86.8 cm³/mol. The largest absolute Gasteiger partial charge is 0.356 e. The first-order valence-corrected chi connectivity index (χ1v) is 8.80. The molecule has 22 heavy (non-hydrogen) atoms. The average Bonchev–Trinajstić information content (AvgIpc) is 2.93. The number of rotatable bonds is 2. The zero-order valence-corrected chi connectivity index (χ0v) is 13.8. The van der Waals surface area contributed by atoms with Crippen LogP contribution in [0.5, 0.6) is 0 Å². The zero-order chi connectivity index (χ0) is 15.6. The maximum absolute atomic E-state index is 12.6. The van der Waals surface area contributed by atoms with Crippen molar-refractivity contribution in [3.8, 4) is 0 Å². The van der Waals surface area contributed by atoms with Gasteiger partial charge >= 0.3 is 0 Å². The van der Waals surface area contributed by atoms with Crippen molar-refractivity contribution in [1.29, 1.82) is 0 Å². The van der Waals surface area contributed by atoms with Gasteiger partial charge in [0.25, 0.3) is 0 Å². The van der Waals surface area contributed by atoms with E-state index in [9.17, 15) is 9.59 Å². The van der Waals surface area contributed by atoms with Gasteiger partial charge < -0.3 is 10.2 Å². The molecule has 1 aromatic heterocycles. The summed E-state index contributed by atoms with van der Waals surface area (Å²) >= 11 is 1.63. The Labute approximate surface area is 135 Å². The van der Waals surface area contributed by atoms with Gasteiger partial charge in [-0.3, -0.25) is 14.5 Å². The number of nitrogens with one attached hydrogen (secondary N) is 1. The molecule has 1 aromatic rings. The molecule has 5 nitrogen and oxygen atoms in total. The van der Waals surface area contributed by atoms with E-state index in [2.05, 4.69) is 17.3 Å². The summed E-state index contributed by atoms with van der Waals surface area (Å²) in [6, 6.07) is 2.02. The van der Waals surface area contributed by atoms with Gasteiger partial charge in [-0.15, -0.1) is 0 Å². The van der Waals surface area contributed by atoms with Crippen molar-refractivity contribution in [1.82, 2.24) is 15.1 Å². The van der Waals surface area contributed by atoms with E-state index in [1.54, 1.807) is 11.3 Å². The van der Waals surface area contributed by atoms with Crippen LogP contribution in [0.4, 0.5) is 0 Å². The van der Waals surface area contributed by atoms with Gasteiger partial charge in [0.15, 0.2) is 0 Å². The third-order valence-electron chi connectivity index (χ3n) is 5.02. The molecule has 120 valence electrons. The van der Waals surface area contributed by atoms with Crippen LogP contribution in [0, 0.1) is 0 Å². The normalized spacial score (nSPS) is 26.8. The number of hydrogen-bond acceptors (Lipinski definition) is 4. The Morgan fingerprint density at radius 1 is 1.41 bits per heavy atom. The molecule has 2 amide bonds. The summed E-state index contributed by atoms with van der Waals surface area (Å²) in [4.78, 5) is 28.6. The SMILES string of the molecule is CN1CCN(C(=O)Cc2ccsc2)C[C@]12CCNC(=O)CC2. The Bertz CT molecular complexity index is 546. The quantitative estimate of drug-likeness (QED) is 0.888. The van der Waals surface area contributed by atoms with E-state index in [0.29, 0.717) is 19.4 Å². The highest BCUT2D eigenvalue weighted by molar-refractivity contribution is 7.07. The van der Waals surface area contributed by atoms with E-state index in [4.69, 9.17) is 0 Å². The summed E-state index contributed by atoms with van der Waals surface area (Å²) in [5, 5.41) is 7.00. The summed E-state index contributed by atoms with van der Waals surface area (Å²) in [5.41, 5.74) is 1.04. The van der Waals surface area contributed by atoms with Gasteiger partial charge in [-0.2, -0.15) is 11.3 Å². The van der Waals surface area contributed by atoms with Gasteiger partial charge in [-0.25, -0.2) is 0 Å². The fourth-order valence-electron chi connectivity index (χ4n) is 3.49. The fraction of sp³-hybridized carbons (Fsp3) is 0.625. The number of thiophene rings is 1. The van der Waals surface area contributed by atoms with Crippen molar-refractivity contribution in [2.45, 2.75) is 31.2 Å². The number of likely N-dealkylation sites (N-methyl/N-ethyl adjacent to an activating group) is 1. The van der Waals surface area contributed by atoms with Crippen molar-refractivity contribution in [2.75, 3.05) is 33.2 Å². The van der Waals surface area contributed by atoms with Gasteiger partial charge in [0.05, 0.1) is 6.42 Å². The van der Waals surface area contributed by atoms with E-state index in [1.165, 1.54) is 0 Å². The number of carbonyl (C=O) groups excluding carboxylic acids is 2. The first kappa shape index (κ1) is 15.5. The van der Waals surface area contributed by atoms with Gasteiger partial charge in [-0.1, -0.05) is 0 Å². The van der Waals surface area contributed by atoms with Crippen LogP contribution in [0.1, 0.15) is 24.8 Å². The summed E-state index contributed by atoms with van der Waals surface area (Å²) in [7, 11) is 2.12. The van der Waals surface area contributed by atoms with Crippen molar-refractivity contribution in [2.24, 2.45) is 0 Å². The highest BCUT2D eigenvalue weighted by Crippen LogP contribution is 2.30. The zero-order valence-electron chi connectivity index (χ0n) is 13.0. The minimum absolute atomic E-state index is 0.0539. The number of nitrogens with zero attached hydrogens (tertiary/aromatic N) is 2. The van der Waals surface area contributed by atoms with Crippen molar-refractivity contribution in [3.63, 3.8) is 0 Å². The Balaban J connectivity index is 1.69. The summed E-state index contributed by atoms with van der Waals surface area (Å²) in [6.07, 6.45) is 2.78. The van der Waals surface area contributed by atoms with Crippen LogP contribution in [-0.2, 0) is 16.0 Å². The number of piperazine rings is 1. The van der Waals surface area contributed by atoms with E-state index in [1.807, 2.05) is 21.7 Å². The van der Waals surface area contributed by atoms with Crippen molar-refractivity contribution >= 4 is 23.2 Å². The van der Waals surface area contributed by atoms with Crippen LogP contribution in [-0.4, -0.2) is 60.4 Å². The lowest BCUT2D eigenvalue weighted by atomic mass is 9.86. The van der Waals surface area contributed by atoms with Gasteiger partial charge in [0.2, 0.25) is 11.8 Å². The Morgan fingerprint density at radius 3 is 3.05 bits per heavy atom. The average molecular weight is 321 g/mol.